The Balaban J connectivity index is 1.46. The molecule has 1 aliphatic rings. The molecule has 0 unspecified atom stereocenters. The van der Waals surface area contributed by atoms with Gasteiger partial charge in [0.2, 0.25) is 5.95 Å². The molecule has 9 rings (SSSR count). The lowest BCUT2D eigenvalue weighted by Gasteiger charge is -2.33. The Morgan fingerprint density at radius 1 is 0.489 bits per heavy atom. The molecule has 1 aliphatic heterocycles. The van der Waals surface area contributed by atoms with Crippen LogP contribution in [0.5, 0.6) is 0 Å². The summed E-state index contributed by atoms with van der Waals surface area (Å²) in [7, 11) is -4.01. The van der Waals surface area contributed by atoms with Gasteiger partial charge in [0, 0.05) is 33.0 Å². The van der Waals surface area contributed by atoms with E-state index in [4.69, 9.17) is 15.0 Å². The van der Waals surface area contributed by atoms with Crippen molar-refractivity contribution < 1.29 is 8.42 Å². The fraction of sp³-hybridized carbons (Fsp3) is 0. The molecule has 0 saturated heterocycles. The van der Waals surface area contributed by atoms with E-state index < -0.39 is 10.0 Å². The summed E-state index contributed by atoms with van der Waals surface area (Å²) in [5.74, 6) is 1.42. The van der Waals surface area contributed by atoms with Gasteiger partial charge < -0.3 is 0 Å². The van der Waals surface area contributed by atoms with Gasteiger partial charge in [-0.1, -0.05) is 127 Å². The molecule has 0 N–H and O–H groups in total. The van der Waals surface area contributed by atoms with Crippen molar-refractivity contribution in [2.24, 2.45) is 0 Å². The van der Waals surface area contributed by atoms with Gasteiger partial charge >= 0.3 is 0 Å². The van der Waals surface area contributed by atoms with Gasteiger partial charge in [0.15, 0.2) is 11.6 Å². The average Bonchev–Trinajstić information content (AvgIpc) is 3.47. The number of aromatic nitrogens is 4. The summed E-state index contributed by atoms with van der Waals surface area (Å²) in [5, 5.41) is 1.84. The fourth-order valence-electron chi connectivity index (χ4n) is 6.53. The lowest BCUT2D eigenvalue weighted by molar-refractivity contribution is 0.596. The molecule has 224 valence electrons. The Bertz CT molecular complexity index is 2530. The van der Waals surface area contributed by atoms with Crippen LogP contribution in [0.15, 0.2) is 157 Å². The van der Waals surface area contributed by atoms with Crippen LogP contribution in [0.2, 0.25) is 0 Å². The van der Waals surface area contributed by atoms with Crippen molar-refractivity contribution in [1.29, 1.82) is 0 Å². The van der Waals surface area contributed by atoms with Crippen LogP contribution in [-0.4, -0.2) is 27.9 Å². The number of anilines is 2. The van der Waals surface area contributed by atoms with E-state index in [-0.39, 0.29) is 4.90 Å². The number of benzene rings is 6. The predicted octanol–water partition coefficient (Wildman–Crippen LogP) is 8.81. The van der Waals surface area contributed by atoms with Crippen LogP contribution in [0, 0.1) is 0 Å². The highest BCUT2D eigenvalue weighted by Crippen LogP contribution is 2.51. The Morgan fingerprint density at radius 3 is 1.74 bits per heavy atom. The molecule has 47 heavy (non-hydrogen) atoms. The molecule has 0 bridgehead atoms. The van der Waals surface area contributed by atoms with E-state index >= 15 is 0 Å². The molecule has 0 fully saturated rings. The summed E-state index contributed by atoms with van der Waals surface area (Å²) in [6.45, 7) is 0. The molecule has 0 saturated carbocycles. The van der Waals surface area contributed by atoms with E-state index in [2.05, 4.69) is 12.1 Å². The molecule has 2 aromatic heterocycles. The lowest BCUT2D eigenvalue weighted by Crippen LogP contribution is -2.30. The zero-order chi connectivity index (χ0) is 31.5. The zero-order valence-corrected chi connectivity index (χ0v) is 25.7. The topological polar surface area (TPSA) is 81.0 Å². The first-order chi connectivity index (χ1) is 23.1. The Labute approximate surface area is 271 Å². The van der Waals surface area contributed by atoms with Crippen molar-refractivity contribution in [1.82, 2.24) is 19.5 Å². The van der Waals surface area contributed by atoms with Crippen molar-refractivity contribution in [3.8, 4) is 39.9 Å². The molecule has 6 aromatic carbocycles. The minimum atomic E-state index is -4.01. The number of fused-ring (bicyclic) bond motifs is 7. The first-order valence-electron chi connectivity index (χ1n) is 15.2. The van der Waals surface area contributed by atoms with Crippen molar-refractivity contribution in [3.63, 3.8) is 0 Å². The molecule has 0 atom stereocenters. The summed E-state index contributed by atoms with van der Waals surface area (Å²) >= 11 is 0. The maximum absolute atomic E-state index is 14.6. The maximum atomic E-state index is 14.6. The van der Waals surface area contributed by atoms with Gasteiger partial charge in [-0.3, -0.25) is 4.57 Å². The third kappa shape index (κ3) is 4.19. The summed E-state index contributed by atoms with van der Waals surface area (Å²) in [5.41, 5.74) is 5.77. The molecule has 3 heterocycles. The maximum Gasteiger partial charge on any atom is 0.269 e. The normalized spacial score (nSPS) is 13.4. The largest absolute Gasteiger partial charge is 0.276 e. The van der Waals surface area contributed by atoms with Crippen LogP contribution in [-0.2, 0) is 10.0 Å². The first kappa shape index (κ1) is 27.2. The minimum Gasteiger partial charge on any atom is -0.276 e. The standard InChI is InChI=1S/C39H25N5O2S/c45-47(46)34-23-13-11-21-30(34)32-25-24-31-29-20-10-12-22-33(29)43(35(31)36(32)44(47)28-18-8-3-9-19-28)39-41-37(26-14-4-1-5-15-26)40-38(42-39)27-16-6-2-7-17-27/h1-25H. The van der Waals surface area contributed by atoms with E-state index in [0.29, 0.717) is 40.1 Å². The van der Waals surface area contributed by atoms with Gasteiger partial charge in [0.25, 0.3) is 10.0 Å². The number of hydrogen-bond acceptors (Lipinski definition) is 5. The molecule has 0 spiro atoms. The summed E-state index contributed by atoms with van der Waals surface area (Å²) in [4.78, 5) is 15.3. The van der Waals surface area contributed by atoms with Crippen molar-refractivity contribution in [3.05, 3.63) is 152 Å². The Kier molecular flexibility index (Phi) is 6.06. The first-order valence-corrected chi connectivity index (χ1v) is 16.7. The van der Waals surface area contributed by atoms with Gasteiger partial charge in [0.05, 0.1) is 27.3 Å². The summed E-state index contributed by atoms with van der Waals surface area (Å²) in [6, 6.07) is 48.2. The van der Waals surface area contributed by atoms with Gasteiger partial charge in [-0.15, -0.1) is 0 Å². The molecule has 8 aromatic rings. The van der Waals surface area contributed by atoms with E-state index in [1.54, 1.807) is 12.1 Å². The quantitative estimate of drug-likeness (QED) is 0.195. The number of rotatable bonds is 4. The van der Waals surface area contributed by atoms with Crippen LogP contribution in [0.4, 0.5) is 11.4 Å². The molecular formula is C39H25N5O2S. The van der Waals surface area contributed by atoms with Crippen LogP contribution in [0.3, 0.4) is 0 Å². The highest BCUT2D eigenvalue weighted by Gasteiger charge is 2.38. The van der Waals surface area contributed by atoms with Crippen LogP contribution < -0.4 is 4.31 Å². The fourth-order valence-corrected chi connectivity index (χ4v) is 8.26. The van der Waals surface area contributed by atoms with Crippen LogP contribution in [0.25, 0.3) is 61.7 Å². The van der Waals surface area contributed by atoms with E-state index in [0.717, 1.165) is 33.0 Å². The number of sulfonamides is 1. The van der Waals surface area contributed by atoms with Crippen molar-refractivity contribution in [2.45, 2.75) is 4.90 Å². The Hall–Kier alpha value is -6.12. The molecule has 0 amide bonds. The smallest absolute Gasteiger partial charge is 0.269 e. The lowest BCUT2D eigenvalue weighted by atomic mass is 10.00. The van der Waals surface area contributed by atoms with Crippen LogP contribution in [0.1, 0.15) is 0 Å². The number of para-hydroxylation sites is 2. The third-order valence-corrected chi connectivity index (χ3v) is 10.4. The number of hydrogen-bond donors (Lipinski definition) is 0. The molecule has 8 heteroatoms. The second kappa shape index (κ2) is 10.5. The number of nitrogens with zero attached hydrogens (tertiary/aromatic N) is 5. The highest BCUT2D eigenvalue weighted by atomic mass is 32.2. The second-order valence-electron chi connectivity index (χ2n) is 11.3. The molecular weight excluding hydrogens is 603 g/mol. The van der Waals surface area contributed by atoms with Crippen molar-refractivity contribution in [2.75, 3.05) is 4.31 Å². The molecule has 0 aliphatic carbocycles. The van der Waals surface area contributed by atoms with Crippen LogP contribution >= 0.6 is 0 Å². The average molecular weight is 628 g/mol. The van der Waals surface area contributed by atoms with E-state index in [1.165, 1.54) is 4.31 Å². The summed E-state index contributed by atoms with van der Waals surface area (Å²) < 4.78 is 32.7. The monoisotopic (exact) mass is 627 g/mol. The van der Waals surface area contributed by atoms with Crippen molar-refractivity contribution >= 4 is 43.2 Å². The molecule has 7 nitrogen and oxygen atoms in total. The zero-order valence-electron chi connectivity index (χ0n) is 24.9. The van der Waals surface area contributed by atoms with E-state index in [9.17, 15) is 8.42 Å². The third-order valence-electron chi connectivity index (χ3n) is 8.59. The second-order valence-corrected chi connectivity index (χ2v) is 13.1. The van der Waals surface area contributed by atoms with Gasteiger partial charge in [0.1, 0.15) is 0 Å². The SMILES string of the molecule is O=S1(=O)c2ccccc2-c2ccc3c4ccccc4n(-c4nc(-c5ccccc5)nc(-c5ccccc5)n4)c3c2N1c1ccccc1. The minimum absolute atomic E-state index is 0.260. The van der Waals surface area contributed by atoms with E-state index in [1.807, 2.05) is 132 Å². The van der Waals surface area contributed by atoms with Gasteiger partial charge in [-0.25, -0.2) is 17.7 Å². The highest BCUT2D eigenvalue weighted by molar-refractivity contribution is 7.93. The van der Waals surface area contributed by atoms with Gasteiger partial charge in [-0.05, 0) is 24.3 Å². The Morgan fingerprint density at radius 2 is 1.06 bits per heavy atom. The summed E-state index contributed by atoms with van der Waals surface area (Å²) in [6.07, 6.45) is 0. The van der Waals surface area contributed by atoms with Gasteiger partial charge in [-0.2, -0.15) is 9.97 Å². The predicted molar refractivity (Wildman–Crippen MR) is 186 cm³/mol. The molecule has 0 radical (unpaired) electrons.